The highest BCUT2D eigenvalue weighted by Crippen LogP contribution is 2.22. The number of nitrogens with zero attached hydrogens (tertiary/aromatic N) is 3. The van der Waals surface area contributed by atoms with Crippen molar-refractivity contribution in [2.24, 2.45) is 5.16 Å². The van der Waals surface area contributed by atoms with Crippen molar-refractivity contribution in [3.05, 3.63) is 82.3 Å². The highest BCUT2D eigenvalue weighted by molar-refractivity contribution is 6.12. The van der Waals surface area contributed by atoms with Crippen LogP contribution in [0, 0.1) is 11.6 Å². The van der Waals surface area contributed by atoms with Crippen molar-refractivity contribution in [3.63, 3.8) is 0 Å². The summed E-state index contributed by atoms with van der Waals surface area (Å²) >= 11 is 0. The molecule has 0 saturated heterocycles. The molecule has 0 aliphatic carbocycles. The molecule has 6 nitrogen and oxygen atoms in total. The van der Waals surface area contributed by atoms with Gasteiger partial charge in [0, 0.05) is 23.5 Å². The fraction of sp³-hybridized carbons (Fsp3) is 0. The van der Waals surface area contributed by atoms with E-state index in [4.69, 9.17) is 0 Å². The van der Waals surface area contributed by atoms with Crippen molar-refractivity contribution in [2.45, 2.75) is 0 Å². The third-order valence-corrected chi connectivity index (χ3v) is 3.34. The highest BCUT2D eigenvalue weighted by Gasteiger charge is 2.19. The molecule has 0 amide bonds. The molecule has 0 radical (unpaired) electrons. The normalized spacial score (nSPS) is 11.5. The fourth-order valence-corrected chi connectivity index (χ4v) is 2.20. The zero-order chi connectivity index (χ0) is 17.1. The smallest absolute Gasteiger partial charge is 0.258 e. The predicted octanol–water partition coefficient (Wildman–Crippen LogP) is 2.34. The Morgan fingerprint density at radius 1 is 1.12 bits per heavy atom. The molecule has 0 saturated carbocycles. The minimum absolute atomic E-state index is 0.00930. The van der Waals surface area contributed by atoms with Crippen LogP contribution in [0.15, 0.2) is 59.0 Å². The van der Waals surface area contributed by atoms with E-state index in [1.165, 1.54) is 36.9 Å². The Kier molecular flexibility index (Phi) is 4.11. The van der Waals surface area contributed by atoms with Gasteiger partial charge in [-0.2, -0.15) is 0 Å². The average Bonchev–Trinajstić information content (AvgIpc) is 2.59. The Labute approximate surface area is 134 Å². The first-order chi connectivity index (χ1) is 11.6. The van der Waals surface area contributed by atoms with Crippen molar-refractivity contribution in [3.8, 4) is 11.1 Å². The molecule has 2 aromatic heterocycles. The van der Waals surface area contributed by atoms with Gasteiger partial charge in [0.1, 0.15) is 17.2 Å². The quantitative estimate of drug-likeness (QED) is 0.438. The van der Waals surface area contributed by atoms with Crippen LogP contribution in [0.2, 0.25) is 0 Å². The van der Waals surface area contributed by atoms with Gasteiger partial charge in [-0.25, -0.2) is 13.8 Å². The number of aromatic amines is 1. The summed E-state index contributed by atoms with van der Waals surface area (Å²) in [5, 5.41) is 12.3. The molecule has 0 fully saturated rings. The van der Waals surface area contributed by atoms with Crippen molar-refractivity contribution in [2.75, 3.05) is 0 Å². The van der Waals surface area contributed by atoms with E-state index in [2.05, 4.69) is 20.1 Å². The summed E-state index contributed by atoms with van der Waals surface area (Å²) in [6.07, 6.45) is 3.68. The molecule has 0 unspecified atom stereocenters. The van der Waals surface area contributed by atoms with Crippen molar-refractivity contribution < 1.29 is 14.0 Å². The van der Waals surface area contributed by atoms with Crippen LogP contribution in [-0.2, 0) is 0 Å². The van der Waals surface area contributed by atoms with Crippen LogP contribution in [0.3, 0.4) is 0 Å². The van der Waals surface area contributed by atoms with Crippen LogP contribution in [0.1, 0.15) is 11.3 Å². The molecular weight excluding hydrogens is 318 g/mol. The van der Waals surface area contributed by atoms with Crippen molar-refractivity contribution in [1.82, 2.24) is 15.0 Å². The third kappa shape index (κ3) is 2.76. The number of pyridine rings is 1. The Balaban J connectivity index is 2.16. The number of halogens is 2. The van der Waals surface area contributed by atoms with Crippen LogP contribution in [0.5, 0.6) is 0 Å². The first kappa shape index (κ1) is 15.5. The van der Waals surface area contributed by atoms with Gasteiger partial charge < -0.3 is 10.2 Å². The van der Waals surface area contributed by atoms with Gasteiger partial charge in [0.25, 0.3) is 5.56 Å². The molecule has 8 heteroatoms. The van der Waals surface area contributed by atoms with E-state index in [1.807, 2.05) is 0 Å². The SMILES string of the molecule is O=c1[nH]cncc1-c1ccnc(/C(=N/O)c2ccc(F)cc2)c1F. The van der Waals surface area contributed by atoms with Gasteiger partial charge in [-0.05, 0) is 30.3 Å². The number of H-pyrrole nitrogens is 1. The molecule has 0 aliphatic rings. The van der Waals surface area contributed by atoms with Crippen LogP contribution in [0.25, 0.3) is 11.1 Å². The first-order valence-corrected chi connectivity index (χ1v) is 6.77. The van der Waals surface area contributed by atoms with E-state index in [1.54, 1.807) is 0 Å². The Morgan fingerprint density at radius 3 is 2.54 bits per heavy atom. The number of hydrogen-bond acceptors (Lipinski definition) is 5. The summed E-state index contributed by atoms with van der Waals surface area (Å²) in [7, 11) is 0. The number of oxime groups is 1. The topological polar surface area (TPSA) is 91.2 Å². The minimum Gasteiger partial charge on any atom is -0.410 e. The van der Waals surface area contributed by atoms with Gasteiger partial charge in [-0.1, -0.05) is 5.16 Å². The zero-order valence-electron chi connectivity index (χ0n) is 12.1. The third-order valence-electron chi connectivity index (χ3n) is 3.34. The van der Waals surface area contributed by atoms with E-state index in [-0.39, 0.29) is 28.1 Å². The Hall–Kier alpha value is -3.42. The molecule has 0 aliphatic heterocycles. The van der Waals surface area contributed by atoms with Crippen LogP contribution >= 0.6 is 0 Å². The van der Waals surface area contributed by atoms with Gasteiger partial charge in [0.2, 0.25) is 0 Å². The van der Waals surface area contributed by atoms with E-state index < -0.39 is 17.2 Å². The van der Waals surface area contributed by atoms with E-state index in [0.29, 0.717) is 0 Å². The summed E-state index contributed by atoms with van der Waals surface area (Å²) in [5.41, 5.74) is -0.750. The minimum atomic E-state index is -0.854. The van der Waals surface area contributed by atoms with Crippen LogP contribution < -0.4 is 5.56 Å². The molecular formula is C16H10F2N4O2. The predicted molar refractivity (Wildman–Crippen MR) is 81.9 cm³/mol. The van der Waals surface area contributed by atoms with Gasteiger partial charge in [-0.3, -0.25) is 9.78 Å². The number of hydrogen-bond donors (Lipinski definition) is 2. The lowest BCUT2D eigenvalue weighted by molar-refractivity contribution is 0.319. The lowest BCUT2D eigenvalue weighted by Crippen LogP contribution is -2.13. The largest absolute Gasteiger partial charge is 0.410 e. The maximum Gasteiger partial charge on any atom is 0.258 e. The molecule has 2 N–H and O–H groups in total. The second kappa shape index (κ2) is 6.37. The summed E-state index contributed by atoms with van der Waals surface area (Å²) in [6, 6.07) is 6.26. The molecule has 120 valence electrons. The molecule has 0 atom stereocenters. The van der Waals surface area contributed by atoms with Gasteiger partial charge in [0.05, 0.1) is 11.9 Å². The van der Waals surface area contributed by atoms with E-state index in [9.17, 15) is 18.8 Å². The van der Waals surface area contributed by atoms with Gasteiger partial charge in [0.15, 0.2) is 5.82 Å². The number of rotatable bonds is 3. The maximum atomic E-state index is 14.8. The maximum absolute atomic E-state index is 14.8. The lowest BCUT2D eigenvalue weighted by atomic mass is 10.0. The van der Waals surface area contributed by atoms with Crippen LogP contribution in [-0.4, -0.2) is 25.9 Å². The summed E-state index contributed by atoms with van der Waals surface area (Å²) in [5.74, 6) is -1.34. The standard InChI is InChI=1S/C16H10F2N4O2/c17-10-3-1-9(2-4-10)14(22-24)15-13(18)11(5-6-20-15)12-7-19-8-21-16(12)23/h1-8,24H,(H,19,21,23)/b22-14+. The summed E-state index contributed by atoms with van der Waals surface area (Å²) < 4.78 is 27.9. The van der Waals surface area contributed by atoms with Crippen molar-refractivity contribution >= 4 is 5.71 Å². The average molecular weight is 328 g/mol. The Bertz CT molecular complexity index is 968. The molecule has 1 aromatic carbocycles. The second-order valence-electron chi connectivity index (χ2n) is 4.77. The lowest BCUT2D eigenvalue weighted by Gasteiger charge is -2.08. The monoisotopic (exact) mass is 328 g/mol. The Morgan fingerprint density at radius 2 is 1.88 bits per heavy atom. The molecule has 2 heterocycles. The highest BCUT2D eigenvalue weighted by atomic mass is 19.1. The second-order valence-corrected chi connectivity index (χ2v) is 4.77. The molecule has 0 bridgehead atoms. The van der Waals surface area contributed by atoms with Gasteiger partial charge >= 0.3 is 0 Å². The number of nitrogens with one attached hydrogen (secondary N) is 1. The molecule has 0 spiro atoms. The summed E-state index contributed by atoms with van der Waals surface area (Å²) in [4.78, 5) is 21.8. The number of aromatic nitrogens is 3. The molecule has 3 aromatic rings. The number of benzene rings is 1. The van der Waals surface area contributed by atoms with Gasteiger partial charge in [-0.15, -0.1) is 0 Å². The van der Waals surface area contributed by atoms with E-state index >= 15 is 0 Å². The molecule has 3 rings (SSSR count). The zero-order valence-corrected chi connectivity index (χ0v) is 12.1. The summed E-state index contributed by atoms with van der Waals surface area (Å²) in [6.45, 7) is 0. The first-order valence-electron chi connectivity index (χ1n) is 6.77. The van der Waals surface area contributed by atoms with Crippen molar-refractivity contribution in [1.29, 1.82) is 0 Å². The fourth-order valence-electron chi connectivity index (χ4n) is 2.20. The molecule has 24 heavy (non-hydrogen) atoms. The van der Waals surface area contributed by atoms with E-state index in [0.717, 1.165) is 12.1 Å². The van der Waals surface area contributed by atoms with Crippen LogP contribution in [0.4, 0.5) is 8.78 Å².